The van der Waals surface area contributed by atoms with Crippen LogP contribution in [0.4, 0.5) is 11.6 Å². The molecule has 0 aliphatic heterocycles. The van der Waals surface area contributed by atoms with Crippen molar-refractivity contribution in [3.05, 3.63) is 65.6 Å². The van der Waals surface area contributed by atoms with E-state index < -0.39 is 5.91 Å². The molecular formula is C24H33N7O2. The predicted molar refractivity (Wildman–Crippen MR) is 130 cm³/mol. The first-order valence-corrected chi connectivity index (χ1v) is 11.2. The molecule has 33 heavy (non-hydrogen) atoms. The highest BCUT2D eigenvalue weighted by Gasteiger charge is 2.20. The van der Waals surface area contributed by atoms with E-state index in [0.717, 1.165) is 43.1 Å². The summed E-state index contributed by atoms with van der Waals surface area (Å²) in [6, 6.07) is 4.05. The van der Waals surface area contributed by atoms with Gasteiger partial charge >= 0.3 is 0 Å². The molecule has 0 aromatic carbocycles. The molecule has 0 bridgehead atoms. The average molecular weight is 452 g/mol. The van der Waals surface area contributed by atoms with Crippen molar-refractivity contribution in [3.8, 4) is 0 Å². The first-order chi connectivity index (χ1) is 15.9. The van der Waals surface area contributed by atoms with Crippen molar-refractivity contribution in [2.45, 2.75) is 38.6 Å². The lowest BCUT2D eigenvalue weighted by Gasteiger charge is -2.26. The van der Waals surface area contributed by atoms with E-state index in [9.17, 15) is 4.79 Å². The van der Waals surface area contributed by atoms with E-state index in [2.05, 4.69) is 36.6 Å². The van der Waals surface area contributed by atoms with Crippen LogP contribution in [-0.4, -0.2) is 54.1 Å². The maximum atomic E-state index is 11.7. The van der Waals surface area contributed by atoms with Gasteiger partial charge in [-0.25, -0.2) is 9.97 Å². The molecule has 1 amide bonds. The van der Waals surface area contributed by atoms with Crippen LogP contribution in [0.3, 0.4) is 0 Å². The smallest absolute Gasteiger partial charge is 0.252 e. The summed E-state index contributed by atoms with van der Waals surface area (Å²) in [6.45, 7) is 5.70. The van der Waals surface area contributed by atoms with Crippen LogP contribution in [0.1, 0.15) is 48.7 Å². The highest BCUT2D eigenvalue weighted by atomic mass is 16.5. The molecule has 2 aromatic heterocycles. The molecular weight excluding hydrogens is 418 g/mol. The summed E-state index contributed by atoms with van der Waals surface area (Å²) in [5.41, 5.74) is 8.44. The first-order valence-electron chi connectivity index (χ1n) is 11.2. The van der Waals surface area contributed by atoms with E-state index in [-0.39, 0.29) is 12.0 Å². The van der Waals surface area contributed by atoms with Crippen molar-refractivity contribution >= 4 is 17.5 Å². The molecule has 9 nitrogen and oxygen atoms in total. The summed E-state index contributed by atoms with van der Waals surface area (Å²) in [5.74, 6) is 0.843. The van der Waals surface area contributed by atoms with Crippen LogP contribution in [0.5, 0.6) is 0 Å². The van der Waals surface area contributed by atoms with Crippen molar-refractivity contribution in [1.29, 1.82) is 0 Å². The van der Waals surface area contributed by atoms with Crippen LogP contribution >= 0.6 is 0 Å². The minimum Gasteiger partial charge on any atom is -0.499 e. The number of likely N-dealkylation sites (N-methyl/N-ethyl adjacent to an activating group) is 1. The van der Waals surface area contributed by atoms with Gasteiger partial charge in [0.05, 0.1) is 36.3 Å². The molecule has 1 aliphatic rings. The number of hydrogen-bond donors (Lipinski definition) is 3. The van der Waals surface area contributed by atoms with Crippen LogP contribution in [-0.2, 0) is 4.74 Å². The van der Waals surface area contributed by atoms with E-state index >= 15 is 0 Å². The van der Waals surface area contributed by atoms with Crippen LogP contribution in [0.25, 0.3) is 0 Å². The predicted octanol–water partition coefficient (Wildman–Crippen LogP) is 2.81. The number of nitrogens with zero attached hydrogens (tertiary/aromatic N) is 4. The minimum atomic E-state index is -0.515. The monoisotopic (exact) mass is 451 g/mol. The molecule has 176 valence electrons. The zero-order valence-corrected chi connectivity index (χ0v) is 19.7. The number of rotatable bonds is 11. The molecule has 3 rings (SSSR count). The topological polar surface area (TPSA) is 118 Å². The minimum absolute atomic E-state index is 0.0803. The van der Waals surface area contributed by atoms with Gasteiger partial charge in [-0.2, -0.15) is 0 Å². The van der Waals surface area contributed by atoms with E-state index in [1.807, 2.05) is 45.3 Å². The second kappa shape index (κ2) is 11.4. The fraction of sp³-hybridized carbons (Fsp3) is 0.417. The van der Waals surface area contributed by atoms with E-state index in [1.165, 1.54) is 6.20 Å². The number of aromatic nitrogens is 3. The van der Waals surface area contributed by atoms with Crippen molar-refractivity contribution in [1.82, 2.24) is 20.3 Å². The molecule has 2 heterocycles. The molecule has 0 saturated carbocycles. The molecule has 4 N–H and O–H groups in total. The van der Waals surface area contributed by atoms with Crippen LogP contribution in [0.15, 0.2) is 54.3 Å². The Morgan fingerprint density at radius 2 is 2.21 bits per heavy atom. The van der Waals surface area contributed by atoms with Gasteiger partial charge in [0.15, 0.2) is 0 Å². The van der Waals surface area contributed by atoms with E-state index in [0.29, 0.717) is 17.2 Å². The van der Waals surface area contributed by atoms with Crippen molar-refractivity contribution in [2.75, 3.05) is 37.5 Å². The van der Waals surface area contributed by atoms with Gasteiger partial charge < -0.3 is 26.0 Å². The Kier molecular flexibility index (Phi) is 8.37. The van der Waals surface area contributed by atoms with Crippen LogP contribution in [0, 0.1) is 0 Å². The number of nitrogens with two attached hydrogens (primary N) is 1. The largest absolute Gasteiger partial charge is 0.499 e. The Labute approximate surface area is 195 Å². The number of pyridine rings is 1. The lowest BCUT2D eigenvalue weighted by Crippen LogP contribution is -2.38. The SMILES string of the molecule is CCC(C)c1nc(NC2=CCC(NCCN(C)c3cccnc3)C(OC)=C2)ncc1C(N)=O. The van der Waals surface area contributed by atoms with Crippen LogP contribution < -0.4 is 21.3 Å². The third-order valence-electron chi connectivity index (χ3n) is 5.79. The average Bonchev–Trinajstić information content (AvgIpc) is 2.84. The fourth-order valence-corrected chi connectivity index (χ4v) is 3.60. The van der Waals surface area contributed by atoms with Gasteiger partial charge in [0.25, 0.3) is 5.91 Å². The van der Waals surface area contributed by atoms with Gasteiger partial charge in [-0.3, -0.25) is 9.78 Å². The number of methoxy groups -OCH3 is 1. The lowest BCUT2D eigenvalue weighted by molar-refractivity contribution is 0.0998. The Hall–Kier alpha value is -3.46. The molecule has 0 radical (unpaired) electrons. The van der Waals surface area contributed by atoms with E-state index in [4.69, 9.17) is 10.5 Å². The van der Waals surface area contributed by atoms with Gasteiger partial charge in [0, 0.05) is 44.3 Å². The number of carbonyl (C=O) groups excluding carboxylic acids is 1. The van der Waals surface area contributed by atoms with Gasteiger partial charge in [-0.15, -0.1) is 0 Å². The number of ether oxygens (including phenoxy) is 1. The summed E-state index contributed by atoms with van der Waals surface area (Å²) in [7, 11) is 3.72. The summed E-state index contributed by atoms with van der Waals surface area (Å²) < 4.78 is 5.64. The number of anilines is 2. The molecule has 0 spiro atoms. The third kappa shape index (κ3) is 6.29. The normalized spacial score (nSPS) is 16.4. The number of amides is 1. The van der Waals surface area contributed by atoms with Gasteiger partial charge in [-0.1, -0.05) is 19.9 Å². The number of primary amides is 1. The summed E-state index contributed by atoms with van der Waals surface area (Å²) in [5, 5.41) is 6.78. The Bertz CT molecular complexity index is 1010. The third-order valence-corrected chi connectivity index (χ3v) is 5.79. The highest BCUT2D eigenvalue weighted by molar-refractivity contribution is 5.93. The summed E-state index contributed by atoms with van der Waals surface area (Å²) in [6.07, 6.45) is 10.7. The Balaban J connectivity index is 1.61. The van der Waals surface area contributed by atoms with Gasteiger partial charge in [-0.05, 0) is 30.9 Å². The quantitative estimate of drug-likeness (QED) is 0.477. The first kappa shape index (κ1) is 24.2. The maximum absolute atomic E-state index is 11.7. The molecule has 1 aliphatic carbocycles. The molecule has 9 heteroatoms. The van der Waals surface area contributed by atoms with Gasteiger partial charge in [0.2, 0.25) is 5.95 Å². The molecule has 0 saturated heterocycles. The lowest BCUT2D eigenvalue weighted by atomic mass is 10.0. The highest BCUT2D eigenvalue weighted by Crippen LogP contribution is 2.23. The Morgan fingerprint density at radius 1 is 1.39 bits per heavy atom. The Morgan fingerprint density at radius 3 is 2.88 bits per heavy atom. The fourth-order valence-electron chi connectivity index (χ4n) is 3.60. The molecule has 2 atom stereocenters. The zero-order chi connectivity index (χ0) is 23.8. The number of carbonyl (C=O) groups is 1. The summed E-state index contributed by atoms with van der Waals surface area (Å²) in [4.78, 5) is 26.9. The number of allylic oxidation sites excluding steroid dienone is 1. The second-order valence-electron chi connectivity index (χ2n) is 8.08. The van der Waals surface area contributed by atoms with Crippen LogP contribution in [0.2, 0.25) is 0 Å². The number of hydrogen-bond acceptors (Lipinski definition) is 8. The standard InChI is InChI=1S/C24H33N7O2/c1-5-16(2)22-19(23(25)32)15-28-24(30-22)29-17-8-9-20(21(13-17)33-4)27-11-12-31(3)18-7-6-10-26-14-18/h6-8,10,13-16,20,27H,5,9,11-12H2,1-4H3,(H2,25,32)(H,28,29,30). The maximum Gasteiger partial charge on any atom is 0.252 e. The van der Waals surface area contributed by atoms with Crippen molar-refractivity contribution in [3.63, 3.8) is 0 Å². The molecule has 2 unspecified atom stereocenters. The molecule has 2 aromatic rings. The second-order valence-corrected chi connectivity index (χ2v) is 8.08. The summed E-state index contributed by atoms with van der Waals surface area (Å²) >= 11 is 0. The number of nitrogens with one attached hydrogen (secondary N) is 2. The molecule has 0 fully saturated rings. The van der Waals surface area contributed by atoms with Crippen molar-refractivity contribution in [2.24, 2.45) is 5.73 Å². The van der Waals surface area contributed by atoms with Gasteiger partial charge in [0.1, 0.15) is 5.76 Å². The van der Waals surface area contributed by atoms with E-state index in [1.54, 1.807) is 13.3 Å². The zero-order valence-electron chi connectivity index (χ0n) is 19.7. The van der Waals surface area contributed by atoms with Crippen molar-refractivity contribution < 1.29 is 9.53 Å².